The lowest BCUT2D eigenvalue weighted by molar-refractivity contribution is -0.147. The minimum Gasteiger partial charge on any atom is -0.481 e. The molecule has 2 heterocycles. The fraction of sp³-hybridized carbons (Fsp3) is 0.833. The first-order chi connectivity index (χ1) is 8.59. The number of morpholine rings is 1. The average Bonchev–Trinajstić information content (AvgIpc) is 2.74. The molecule has 0 bridgehead atoms. The van der Waals surface area contributed by atoms with E-state index in [1.54, 1.807) is 4.90 Å². The molecule has 0 aromatic heterocycles. The molecular formula is C12H20N2O4. The monoisotopic (exact) mass is 256 g/mol. The van der Waals surface area contributed by atoms with E-state index in [2.05, 4.69) is 12.2 Å². The minimum atomic E-state index is -0.893. The molecule has 2 rings (SSSR count). The molecule has 0 spiro atoms. The lowest BCUT2D eigenvalue weighted by atomic mass is 10.0. The standard InChI is InChI=1S/C12H20N2O4/c1-8-2-3-13-11(8)12(17)14-4-5-18-7-9(14)6-10(15)16/h8-9,11,13H,2-7H2,1H3,(H,15,16). The Morgan fingerprint density at radius 2 is 2.28 bits per heavy atom. The van der Waals surface area contributed by atoms with E-state index in [1.165, 1.54) is 0 Å². The van der Waals surface area contributed by atoms with E-state index in [4.69, 9.17) is 9.84 Å². The zero-order chi connectivity index (χ0) is 13.1. The summed E-state index contributed by atoms with van der Waals surface area (Å²) in [5, 5.41) is 12.1. The van der Waals surface area contributed by atoms with Gasteiger partial charge in [-0.2, -0.15) is 0 Å². The number of carbonyl (C=O) groups is 2. The van der Waals surface area contributed by atoms with Gasteiger partial charge in [-0.1, -0.05) is 6.92 Å². The van der Waals surface area contributed by atoms with Crippen LogP contribution in [0, 0.1) is 5.92 Å². The Balaban J connectivity index is 2.03. The molecule has 0 aromatic rings. The van der Waals surface area contributed by atoms with E-state index in [-0.39, 0.29) is 24.4 Å². The van der Waals surface area contributed by atoms with Crippen molar-refractivity contribution in [3.8, 4) is 0 Å². The van der Waals surface area contributed by atoms with E-state index >= 15 is 0 Å². The van der Waals surface area contributed by atoms with Crippen molar-refractivity contribution in [3.05, 3.63) is 0 Å². The van der Waals surface area contributed by atoms with Crippen LogP contribution in [-0.2, 0) is 14.3 Å². The second-order valence-corrected chi connectivity index (χ2v) is 5.06. The van der Waals surface area contributed by atoms with Crippen molar-refractivity contribution in [1.82, 2.24) is 10.2 Å². The lowest BCUT2D eigenvalue weighted by Crippen LogP contribution is -2.55. The number of carbonyl (C=O) groups excluding carboxylic acids is 1. The summed E-state index contributed by atoms with van der Waals surface area (Å²) in [6, 6.07) is -0.502. The number of nitrogens with one attached hydrogen (secondary N) is 1. The van der Waals surface area contributed by atoms with Crippen LogP contribution < -0.4 is 5.32 Å². The molecule has 0 saturated carbocycles. The molecule has 6 heteroatoms. The quantitative estimate of drug-likeness (QED) is 0.724. The van der Waals surface area contributed by atoms with E-state index in [1.807, 2.05) is 0 Å². The number of rotatable bonds is 3. The summed E-state index contributed by atoms with van der Waals surface area (Å²) in [7, 11) is 0. The molecule has 6 nitrogen and oxygen atoms in total. The van der Waals surface area contributed by atoms with Gasteiger partial charge in [0.15, 0.2) is 0 Å². The van der Waals surface area contributed by atoms with Gasteiger partial charge in [-0.05, 0) is 18.9 Å². The molecule has 3 unspecified atom stereocenters. The second-order valence-electron chi connectivity index (χ2n) is 5.06. The van der Waals surface area contributed by atoms with Gasteiger partial charge in [0.25, 0.3) is 0 Å². The van der Waals surface area contributed by atoms with Gasteiger partial charge in [0, 0.05) is 6.54 Å². The first kappa shape index (κ1) is 13.3. The van der Waals surface area contributed by atoms with E-state index in [9.17, 15) is 9.59 Å². The second kappa shape index (κ2) is 5.67. The van der Waals surface area contributed by atoms with Gasteiger partial charge in [0.05, 0.1) is 31.7 Å². The van der Waals surface area contributed by atoms with Crippen LogP contribution in [0.4, 0.5) is 0 Å². The first-order valence-electron chi connectivity index (χ1n) is 6.43. The largest absolute Gasteiger partial charge is 0.481 e. The van der Waals surface area contributed by atoms with Crippen LogP contribution in [0.2, 0.25) is 0 Å². The van der Waals surface area contributed by atoms with Crippen LogP contribution in [0.25, 0.3) is 0 Å². The molecule has 2 saturated heterocycles. The third-order valence-corrected chi connectivity index (χ3v) is 3.72. The number of hydrogen-bond acceptors (Lipinski definition) is 4. The number of nitrogens with zero attached hydrogens (tertiary/aromatic N) is 1. The summed E-state index contributed by atoms with van der Waals surface area (Å²) >= 11 is 0. The first-order valence-corrected chi connectivity index (χ1v) is 6.43. The van der Waals surface area contributed by atoms with Crippen molar-refractivity contribution >= 4 is 11.9 Å². The predicted molar refractivity (Wildman–Crippen MR) is 64.1 cm³/mol. The van der Waals surface area contributed by atoms with Crippen LogP contribution in [0.15, 0.2) is 0 Å². The van der Waals surface area contributed by atoms with Gasteiger partial charge in [-0.3, -0.25) is 9.59 Å². The number of carboxylic acids is 1. The molecule has 1 amide bonds. The molecule has 102 valence electrons. The smallest absolute Gasteiger partial charge is 0.305 e. The Kier molecular flexibility index (Phi) is 4.19. The topological polar surface area (TPSA) is 78.9 Å². The number of carboxylic acid groups (broad SMARTS) is 1. The maximum atomic E-state index is 12.4. The van der Waals surface area contributed by atoms with Crippen molar-refractivity contribution < 1.29 is 19.4 Å². The van der Waals surface area contributed by atoms with Gasteiger partial charge in [-0.25, -0.2) is 0 Å². The Morgan fingerprint density at radius 3 is 2.89 bits per heavy atom. The molecule has 3 atom stereocenters. The van der Waals surface area contributed by atoms with E-state index in [0.29, 0.717) is 25.7 Å². The summed E-state index contributed by atoms with van der Waals surface area (Å²) in [5.74, 6) is -0.559. The SMILES string of the molecule is CC1CCNC1C(=O)N1CCOCC1CC(=O)O. The van der Waals surface area contributed by atoms with E-state index < -0.39 is 5.97 Å². The van der Waals surface area contributed by atoms with Crippen LogP contribution in [-0.4, -0.2) is 60.3 Å². The molecule has 0 aliphatic carbocycles. The van der Waals surface area contributed by atoms with Crippen LogP contribution in [0.1, 0.15) is 19.8 Å². The summed E-state index contributed by atoms with van der Waals surface area (Å²) in [5.41, 5.74) is 0. The molecule has 2 N–H and O–H groups in total. The van der Waals surface area contributed by atoms with Crippen molar-refractivity contribution in [3.63, 3.8) is 0 Å². The summed E-state index contributed by atoms with van der Waals surface area (Å²) in [6.07, 6.45) is 0.942. The van der Waals surface area contributed by atoms with Crippen molar-refractivity contribution in [2.75, 3.05) is 26.3 Å². The number of ether oxygens (including phenoxy) is 1. The van der Waals surface area contributed by atoms with Crippen molar-refractivity contribution in [1.29, 1.82) is 0 Å². The molecular weight excluding hydrogens is 236 g/mol. The van der Waals surface area contributed by atoms with Gasteiger partial charge < -0.3 is 20.1 Å². The molecule has 2 aliphatic rings. The zero-order valence-corrected chi connectivity index (χ0v) is 10.6. The minimum absolute atomic E-state index is 0.0227. The highest BCUT2D eigenvalue weighted by atomic mass is 16.5. The van der Waals surface area contributed by atoms with Gasteiger partial charge >= 0.3 is 5.97 Å². The highest BCUT2D eigenvalue weighted by Crippen LogP contribution is 2.20. The zero-order valence-electron chi connectivity index (χ0n) is 10.6. The molecule has 0 aromatic carbocycles. The molecule has 2 aliphatic heterocycles. The Hall–Kier alpha value is -1.14. The van der Waals surface area contributed by atoms with Crippen LogP contribution >= 0.6 is 0 Å². The summed E-state index contributed by atoms with van der Waals surface area (Å²) < 4.78 is 5.28. The summed E-state index contributed by atoms with van der Waals surface area (Å²) in [6.45, 7) is 4.20. The van der Waals surface area contributed by atoms with Gasteiger partial charge in [0.2, 0.25) is 5.91 Å². The van der Waals surface area contributed by atoms with Crippen LogP contribution in [0.5, 0.6) is 0 Å². The predicted octanol–water partition coefficient (Wildman–Crippen LogP) is -0.313. The molecule has 18 heavy (non-hydrogen) atoms. The van der Waals surface area contributed by atoms with Crippen molar-refractivity contribution in [2.24, 2.45) is 5.92 Å². The van der Waals surface area contributed by atoms with Gasteiger partial charge in [0.1, 0.15) is 0 Å². The third kappa shape index (κ3) is 2.81. The van der Waals surface area contributed by atoms with Crippen LogP contribution in [0.3, 0.4) is 0 Å². The van der Waals surface area contributed by atoms with E-state index in [0.717, 1.165) is 13.0 Å². The fourth-order valence-corrected chi connectivity index (χ4v) is 2.66. The number of hydrogen-bond donors (Lipinski definition) is 2. The number of amides is 1. The maximum absolute atomic E-state index is 12.4. The third-order valence-electron chi connectivity index (χ3n) is 3.72. The maximum Gasteiger partial charge on any atom is 0.305 e. The van der Waals surface area contributed by atoms with Gasteiger partial charge in [-0.15, -0.1) is 0 Å². The fourth-order valence-electron chi connectivity index (χ4n) is 2.66. The Bertz CT molecular complexity index is 334. The molecule has 2 fully saturated rings. The number of aliphatic carboxylic acids is 1. The van der Waals surface area contributed by atoms with Crippen molar-refractivity contribution in [2.45, 2.75) is 31.8 Å². The normalized spacial score (nSPS) is 32.5. The lowest BCUT2D eigenvalue weighted by Gasteiger charge is -2.37. The Labute approximate surface area is 106 Å². The average molecular weight is 256 g/mol. The Morgan fingerprint density at radius 1 is 1.50 bits per heavy atom. The highest BCUT2D eigenvalue weighted by Gasteiger charge is 2.37. The highest BCUT2D eigenvalue weighted by molar-refractivity contribution is 5.83. The molecule has 0 radical (unpaired) electrons. The summed E-state index contributed by atoms with van der Waals surface area (Å²) in [4.78, 5) is 24.9.